The first kappa shape index (κ1) is 13.9. The van der Waals surface area contributed by atoms with Crippen molar-refractivity contribution in [2.45, 2.75) is 46.6 Å². The molecule has 3 nitrogen and oxygen atoms in total. The maximum atomic E-state index is 5.44. The van der Waals surface area contributed by atoms with Crippen LogP contribution >= 0.6 is 0 Å². The molecule has 0 aliphatic rings. The van der Waals surface area contributed by atoms with Crippen molar-refractivity contribution < 1.29 is 4.74 Å². The molecule has 3 N–H and O–H groups in total. The van der Waals surface area contributed by atoms with E-state index in [2.05, 4.69) is 33.1 Å². The number of ether oxygens (including phenoxy) is 1. The molecule has 0 radical (unpaired) electrons. The molecule has 0 bridgehead atoms. The summed E-state index contributed by atoms with van der Waals surface area (Å²) in [4.78, 5) is 0. The van der Waals surface area contributed by atoms with Crippen LogP contribution in [0.25, 0.3) is 0 Å². The van der Waals surface area contributed by atoms with Gasteiger partial charge in [0.15, 0.2) is 0 Å². The monoisotopic (exact) mass is 202 g/mol. The van der Waals surface area contributed by atoms with Crippen LogP contribution in [0.1, 0.15) is 40.5 Å². The third kappa shape index (κ3) is 7.30. The second-order valence-electron chi connectivity index (χ2n) is 5.42. The Balaban J connectivity index is 3.84. The first-order valence-electron chi connectivity index (χ1n) is 5.34. The number of nitrogens with two attached hydrogens (primary N) is 1. The van der Waals surface area contributed by atoms with Crippen molar-refractivity contribution in [2.75, 3.05) is 13.7 Å². The SMILES string of the molecule is COCC(CC(C)CC(C)(C)C)NN. The number of nitrogens with one attached hydrogen (secondary N) is 1. The Morgan fingerprint density at radius 1 is 1.36 bits per heavy atom. The number of hydrogen-bond acceptors (Lipinski definition) is 3. The summed E-state index contributed by atoms with van der Waals surface area (Å²) in [6.45, 7) is 9.76. The molecule has 0 rings (SSSR count). The smallest absolute Gasteiger partial charge is 0.0629 e. The van der Waals surface area contributed by atoms with Gasteiger partial charge < -0.3 is 4.74 Å². The van der Waals surface area contributed by atoms with Crippen molar-refractivity contribution in [1.82, 2.24) is 5.43 Å². The van der Waals surface area contributed by atoms with Gasteiger partial charge in [-0.1, -0.05) is 27.7 Å². The van der Waals surface area contributed by atoms with Crippen LogP contribution in [0.5, 0.6) is 0 Å². The maximum absolute atomic E-state index is 5.44. The summed E-state index contributed by atoms with van der Waals surface area (Å²) < 4.78 is 5.08. The normalized spacial score (nSPS) is 16.7. The minimum atomic E-state index is 0.275. The molecule has 0 aromatic carbocycles. The van der Waals surface area contributed by atoms with Gasteiger partial charge in [-0.15, -0.1) is 0 Å². The van der Waals surface area contributed by atoms with Crippen molar-refractivity contribution in [3.8, 4) is 0 Å². The van der Waals surface area contributed by atoms with Gasteiger partial charge in [-0.3, -0.25) is 11.3 Å². The van der Waals surface area contributed by atoms with E-state index in [-0.39, 0.29) is 6.04 Å². The van der Waals surface area contributed by atoms with Gasteiger partial charge in [0.1, 0.15) is 0 Å². The highest BCUT2D eigenvalue weighted by Gasteiger charge is 2.18. The lowest BCUT2D eigenvalue weighted by atomic mass is 9.83. The Bertz CT molecular complexity index is 143. The van der Waals surface area contributed by atoms with E-state index in [9.17, 15) is 0 Å². The highest BCUT2D eigenvalue weighted by atomic mass is 16.5. The van der Waals surface area contributed by atoms with Gasteiger partial charge >= 0.3 is 0 Å². The van der Waals surface area contributed by atoms with Crippen LogP contribution in [0, 0.1) is 11.3 Å². The Kier molecular flexibility index (Phi) is 6.33. The zero-order chi connectivity index (χ0) is 11.2. The highest BCUT2D eigenvalue weighted by molar-refractivity contribution is 4.72. The number of rotatable bonds is 6. The van der Waals surface area contributed by atoms with Crippen LogP contribution < -0.4 is 11.3 Å². The number of hydrogen-bond donors (Lipinski definition) is 2. The lowest BCUT2D eigenvalue weighted by Crippen LogP contribution is -2.39. The predicted molar refractivity (Wildman–Crippen MR) is 60.8 cm³/mol. The quantitative estimate of drug-likeness (QED) is 0.511. The maximum Gasteiger partial charge on any atom is 0.0629 e. The predicted octanol–water partition coefficient (Wildman–Crippen LogP) is 1.93. The van der Waals surface area contributed by atoms with E-state index in [4.69, 9.17) is 10.6 Å². The highest BCUT2D eigenvalue weighted by Crippen LogP contribution is 2.26. The molecule has 0 aliphatic heterocycles. The van der Waals surface area contributed by atoms with E-state index >= 15 is 0 Å². The molecule has 0 aromatic rings. The molecule has 0 aliphatic carbocycles. The summed E-state index contributed by atoms with van der Waals surface area (Å²) >= 11 is 0. The van der Waals surface area contributed by atoms with Crippen LogP contribution in [-0.2, 0) is 4.74 Å². The molecule has 0 amide bonds. The average molecular weight is 202 g/mol. The molecule has 0 fully saturated rings. The molecular weight excluding hydrogens is 176 g/mol. The summed E-state index contributed by atoms with van der Waals surface area (Å²) in [7, 11) is 1.71. The van der Waals surface area contributed by atoms with Crippen LogP contribution in [0.3, 0.4) is 0 Å². The minimum Gasteiger partial charge on any atom is -0.383 e. The average Bonchev–Trinajstić information content (AvgIpc) is 2.00. The van der Waals surface area contributed by atoms with E-state index in [1.165, 1.54) is 6.42 Å². The van der Waals surface area contributed by atoms with E-state index in [1.807, 2.05) is 0 Å². The van der Waals surface area contributed by atoms with Crippen LogP contribution in [0.4, 0.5) is 0 Å². The molecule has 14 heavy (non-hydrogen) atoms. The summed E-state index contributed by atoms with van der Waals surface area (Å²) in [6, 6.07) is 0.275. The van der Waals surface area contributed by atoms with E-state index in [0.29, 0.717) is 17.9 Å². The van der Waals surface area contributed by atoms with Gasteiger partial charge in [-0.05, 0) is 24.2 Å². The lowest BCUT2D eigenvalue weighted by molar-refractivity contribution is 0.149. The van der Waals surface area contributed by atoms with Gasteiger partial charge in [-0.2, -0.15) is 0 Å². The summed E-state index contributed by atoms with van der Waals surface area (Å²) in [5.74, 6) is 6.11. The van der Waals surface area contributed by atoms with Crippen molar-refractivity contribution in [3.63, 3.8) is 0 Å². The van der Waals surface area contributed by atoms with Gasteiger partial charge in [-0.25, -0.2) is 0 Å². The van der Waals surface area contributed by atoms with Gasteiger partial charge in [0.05, 0.1) is 6.61 Å². The summed E-state index contributed by atoms with van der Waals surface area (Å²) in [6.07, 6.45) is 2.29. The Labute approximate surface area is 88.4 Å². The zero-order valence-corrected chi connectivity index (χ0v) is 10.3. The molecule has 3 heteroatoms. The first-order chi connectivity index (χ1) is 6.39. The van der Waals surface area contributed by atoms with Gasteiger partial charge in [0.25, 0.3) is 0 Å². The summed E-state index contributed by atoms with van der Waals surface area (Å²) in [5.41, 5.74) is 3.19. The summed E-state index contributed by atoms with van der Waals surface area (Å²) in [5, 5.41) is 0. The molecular formula is C11H26N2O. The van der Waals surface area contributed by atoms with Gasteiger partial charge in [0.2, 0.25) is 0 Å². The molecule has 0 aromatic heterocycles. The van der Waals surface area contributed by atoms with E-state index < -0.39 is 0 Å². The fraction of sp³-hybridized carbons (Fsp3) is 1.00. The van der Waals surface area contributed by atoms with E-state index in [0.717, 1.165) is 6.42 Å². The number of methoxy groups -OCH3 is 1. The molecule has 86 valence electrons. The Hall–Kier alpha value is -0.120. The fourth-order valence-electron chi connectivity index (χ4n) is 2.00. The molecule has 2 unspecified atom stereocenters. The Morgan fingerprint density at radius 3 is 2.29 bits per heavy atom. The Morgan fingerprint density at radius 2 is 1.93 bits per heavy atom. The van der Waals surface area contributed by atoms with Crippen LogP contribution in [0.15, 0.2) is 0 Å². The van der Waals surface area contributed by atoms with Crippen molar-refractivity contribution in [3.05, 3.63) is 0 Å². The minimum absolute atomic E-state index is 0.275. The first-order valence-corrected chi connectivity index (χ1v) is 5.34. The standard InChI is InChI=1S/C11H26N2O/c1-9(7-11(2,3)4)6-10(13-12)8-14-5/h9-10,13H,6-8,12H2,1-5H3. The van der Waals surface area contributed by atoms with Crippen molar-refractivity contribution in [2.24, 2.45) is 17.2 Å². The molecule has 0 spiro atoms. The second kappa shape index (κ2) is 6.38. The largest absolute Gasteiger partial charge is 0.383 e. The van der Waals surface area contributed by atoms with Crippen LogP contribution in [-0.4, -0.2) is 19.8 Å². The second-order valence-corrected chi connectivity index (χ2v) is 5.42. The third-order valence-corrected chi connectivity index (χ3v) is 2.25. The fourth-order valence-corrected chi connectivity index (χ4v) is 2.00. The van der Waals surface area contributed by atoms with Gasteiger partial charge in [0, 0.05) is 13.2 Å². The number of hydrazine groups is 1. The molecule has 2 atom stereocenters. The van der Waals surface area contributed by atoms with Crippen LogP contribution in [0.2, 0.25) is 0 Å². The molecule has 0 saturated carbocycles. The van der Waals surface area contributed by atoms with Crippen molar-refractivity contribution in [1.29, 1.82) is 0 Å². The zero-order valence-electron chi connectivity index (χ0n) is 10.3. The molecule has 0 heterocycles. The van der Waals surface area contributed by atoms with E-state index in [1.54, 1.807) is 7.11 Å². The van der Waals surface area contributed by atoms with Crippen molar-refractivity contribution >= 4 is 0 Å². The third-order valence-electron chi connectivity index (χ3n) is 2.25. The topological polar surface area (TPSA) is 47.3 Å². The lowest BCUT2D eigenvalue weighted by Gasteiger charge is -2.26. The molecule has 0 saturated heterocycles.